The number of guanidine groups is 1. The summed E-state index contributed by atoms with van der Waals surface area (Å²) < 4.78 is 7.25. The molecule has 1 amide bonds. The van der Waals surface area contributed by atoms with Gasteiger partial charge in [0.1, 0.15) is 5.60 Å². The molecule has 158 valence electrons. The molecule has 29 heavy (non-hydrogen) atoms. The van der Waals surface area contributed by atoms with Crippen LogP contribution in [0.3, 0.4) is 0 Å². The van der Waals surface area contributed by atoms with E-state index in [1.54, 1.807) is 25.2 Å². The number of hydrogen-bond acceptors (Lipinski definition) is 4. The van der Waals surface area contributed by atoms with Crippen LogP contribution in [0.4, 0.5) is 4.79 Å². The number of carbonyl (C=O) groups excluding carboxylic acids is 1. The van der Waals surface area contributed by atoms with Crippen LogP contribution in [0.2, 0.25) is 0 Å². The Hall–Kier alpha value is -3.03. The summed E-state index contributed by atoms with van der Waals surface area (Å²) in [6, 6.07) is 10.2. The number of carbonyl (C=O) groups is 1. The van der Waals surface area contributed by atoms with Crippen LogP contribution in [0.15, 0.2) is 47.7 Å². The lowest BCUT2D eigenvalue weighted by atomic mass is 10.1. The summed E-state index contributed by atoms with van der Waals surface area (Å²) in [5.74, 6) is 0.677. The van der Waals surface area contributed by atoms with Gasteiger partial charge >= 0.3 is 6.09 Å². The zero-order chi connectivity index (χ0) is 21.3. The molecule has 0 unspecified atom stereocenters. The van der Waals surface area contributed by atoms with Crippen molar-refractivity contribution < 1.29 is 9.53 Å². The molecular formula is C21H32N6O2. The first kappa shape index (κ1) is 22.3. The predicted molar refractivity (Wildman–Crippen MR) is 115 cm³/mol. The summed E-state index contributed by atoms with van der Waals surface area (Å²) in [5.41, 5.74) is 1.88. The zero-order valence-corrected chi connectivity index (χ0v) is 18.0. The van der Waals surface area contributed by atoms with Crippen molar-refractivity contribution >= 4 is 12.1 Å². The Morgan fingerprint density at radius 3 is 2.55 bits per heavy atom. The monoisotopic (exact) mass is 400 g/mol. The van der Waals surface area contributed by atoms with Crippen LogP contribution in [0.5, 0.6) is 0 Å². The van der Waals surface area contributed by atoms with E-state index in [0.29, 0.717) is 25.6 Å². The zero-order valence-electron chi connectivity index (χ0n) is 18.0. The maximum atomic E-state index is 12.0. The molecule has 8 heteroatoms. The second-order valence-electron chi connectivity index (χ2n) is 7.73. The number of nitrogens with one attached hydrogen (secondary N) is 2. The molecule has 0 radical (unpaired) electrons. The van der Waals surface area contributed by atoms with Crippen LogP contribution in [0, 0.1) is 0 Å². The van der Waals surface area contributed by atoms with Crippen LogP contribution < -0.4 is 10.6 Å². The molecule has 1 heterocycles. The molecule has 2 rings (SSSR count). The topological polar surface area (TPSA) is 83.8 Å². The molecule has 0 spiro atoms. The van der Waals surface area contributed by atoms with E-state index in [1.165, 1.54) is 11.1 Å². The molecule has 8 nitrogen and oxygen atoms in total. The van der Waals surface area contributed by atoms with Gasteiger partial charge in [-0.2, -0.15) is 5.10 Å². The average molecular weight is 401 g/mol. The Kier molecular flexibility index (Phi) is 8.06. The van der Waals surface area contributed by atoms with E-state index >= 15 is 0 Å². The third-order valence-corrected chi connectivity index (χ3v) is 4.12. The normalized spacial score (nSPS) is 11.8. The largest absolute Gasteiger partial charge is 0.444 e. The Bertz CT molecular complexity index is 796. The van der Waals surface area contributed by atoms with Crippen molar-refractivity contribution in [2.75, 3.05) is 27.2 Å². The van der Waals surface area contributed by atoms with E-state index in [1.807, 2.05) is 49.8 Å². The number of nitrogens with zero attached hydrogens (tertiary/aromatic N) is 4. The SMILES string of the molecule is CN=C(NCCN(C)C(=O)OC(C)(C)C)NCc1ccccc1Cn1cccn1. The van der Waals surface area contributed by atoms with Crippen LogP contribution in [-0.4, -0.2) is 59.5 Å². The fourth-order valence-corrected chi connectivity index (χ4v) is 2.63. The Morgan fingerprint density at radius 1 is 1.21 bits per heavy atom. The first-order chi connectivity index (χ1) is 13.8. The van der Waals surface area contributed by atoms with Crippen molar-refractivity contribution in [2.24, 2.45) is 4.99 Å². The summed E-state index contributed by atoms with van der Waals surface area (Å²) >= 11 is 0. The average Bonchev–Trinajstić information content (AvgIpc) is 3.17. The minimum Gasteiger partial charge on any atom is -0.444 e. The number of rotatable bonds is 7. The number of aliphatic imine (C=N–C) groups is 1. The maximum Gasteiger partial charge on any atom is 0.410 e. The molecule has 0 aliphatic rings. The maximum absolute atomic E-state index is 12.0. The highest BCUT2D eigenvalue weighted by Gasteiger charge is 2.19. The summed E-state index contributed by atoms with van der Waals surface area (Å²) in [6.07, 6.45) is 3.39. The molecule has 0 fully saturated rings. The Morgan fingerprint density at radius 2 is 1.93 bits per heavy atom. The number of ether oxygens (including phenoxy) is 1. The van der Waals surface area contributed by atoms with Crippen molar-refractivity contribution in [3.8, 4) is 0 Å². The van der Waals surface area contributed by atoms with Crippen LogP contribution in [-0.2, 0) is 17.8 Å². The molecule has 1 aromatic carbocycles. The smallest absolute Gasteiger partial charge is 0.410 e. The van der Waals surface area contributed by atoms with Crippen LogP contribution in [0.1, 0.15) is 31.9 Å². The molecule has 0 aliphatic heterocycles. The molecule has 2 N–H and O–H groups in total. The number of amides is 1. The Balaban J connectivity index is 1.82. The summed E-state index contributed by atoms with van der Waals surface area (Å²) in [6.45, 7) is 7.99. The van der Waals surface area contributed by atoms with Gasteiger partial charge < -0.3 is 20.3 Å². The highest BCUT2D eigenvalue weighted by Crippen LogP contribution is 2.10. The summed E-state index contributed by atoms with van der Waals surface area (Å²) in [4.78, 5) is 17.8. The molecule has 0 saturated heterocycles. The fraction of sp³-hybridized carbons (Fsp3) is 0.476. The summed E-state index contributed by atoms with van der Waals surface area (Å²) in [7, 11) is 3.44. The third-order valence-electron chi connectivity index (χ3n) is 4.12. The molecule has 0 atom stereocenters. The van der Waals surface area contributed by atoms with Crippen molar-refractivity contribution in [1.82, 2.24) is 25.3 Å². The molecule has 1 aromatic heterocycles. The van der Waals surface area contributed by atoms with Crippen LogP contribution >= 0.6 is 0 Å². The third kappa shape index (κ3) is 7.85. The van der Waals surface area contributed by atoms with Gasteiger partial charge in [-0.3, -0.25) is 9.67 Å². The van der Waals surface area contributed by atoms with E-state index in [9.17, 15) is 4.79 Å². The number of hydrogen-bond donors (Lipinski definition) is 2. The van der Waals surface area contributed by atoms with Crippen molar-refractivity contribution in [3.05, 3.63) is 53.9 Å². The van der Waals surface area contributed by atoms with Gasteiger partial charge in [0.05, 0.1) is 6.54 Å². The van der Waals surface area contributed by atoms with Crippen molar-refractivity contribution in [1.29, 1.82) is 0 Å². The minimum absolute atomic E-state index is 0.338. The molecular weight excluding hydrogens is 368 g/mol. The van der Waals surface area contributed by atoms with E-state index in [-0.39, 0.29) is 6.09 Å². The number of aromatic nitrogens is 2. The predicted octanol–water partition coefficient (Wildman–Crippen LogP) is 2.46. The van der Waals surface area contributed by atoms with Gasteiger partial charge in [0.25, 0.3) is 0 Å². The lowest BCUT2D eigenvalue weighted by Crippen LogP contribution is -2.43. The second kappa shape index (κ2) is 10.5. The van der Waals surface area contributed by atoms with Gasteiger partial charge in [0.2, 0.25) is 0 Å². The van der Waals surface area contributed by atoms with Gasteiger partial charge in [-0.05, 0) is 38.0 Å². The quantitative estimate of drug-likeness (QED) is 0.551. The molecule has 2 aromatic rings. The van der Waals surface area contributed by atoms with Gasteiger partial charge in [-0.25, -0.2) is 4.79 Å². The van der Waals surface area contributed by atoms with E-state index in [0.717, 1.165) is 6.54 Å². The standard InChI is InChI=1S/C21H32N6O2/c1-21(2,3)29-20(28)26(5)14-12-23-19(22-4)24-15-17-9-6-7-10-18(17)16-27-13-8-11-25-27/h6-11,13H,12,14-16H2,1-5H3,(H2,22,23,24). The molecule has 0 saturated carbocycles. The van der Waals surface area contributed by atoms with Crippen molar-refractivity contribution in [3.63, 3.8) is 0 Å². The van der Waals surface area contributed by atoms with Gasteiger partial charge in [0.15, 0.2) is 5.96 Å². The van der Waals surface area contributed by atoms with Gasteiger partial charge in [0, 0.05) is 46.1 Å². The Labute approximate surface area is 173 Å². The number of benzene rings is 1. The first-order valence-electron chi connectivity index (χ1n) is 9.71. The fourth-order valence-electron chi connectivity index (χ4n) is 2.63. The highest BCUT2D eigenvalue weighted by atomic mass is 16.6. The van der Waals surface area contributed by atoms with Gasteiger partial charge in [-0.1, -0.05) is 24.3 Å². The lowest BCUT2D eigenvalue weighted by molar-refractivity contribution is 0.0302. The highest BCUT2D eigenvalue weighted by molar-refractivity contribution is 5.79. The summed E-state index contributed by atoms with van der Waals surface area (Å²) in [5, 5.41) is 10.8. The minimum atomic E-state index is -0.500. The second-order valence-corrected chi connectivity index (χ2v) is 7.73. The molecule has 0 bridgehead atoms. The number of likely N-dealkylation sites (N-methyl/N-ethyl adjacent to an activating group) is 1. The van der Waals surface area contributed by atoms with E-state index in [2.05, 4.69) is 32.9 Å². The van der Waals surface area contributed by atoms with Crippen LogP contribution in [0.25, 0.3) is 0 Å². The lowest BCUT2D eigenvalue weighted by Gasteiger charge is -2.25. The first-order valence-corrected chi connectivity index (χ1v) is 9.71. The van der Waals surface area contributed by atoms with E-state index in [4.69, 9.17) is 4.74 Å². The van der Waals surface area contributed by atoms with Crippen molar-refractivity contribution in [2.45, 2.75) is 39.5 Å². The molecule has 0 aliphatic carbocycles. The van der Waals surface area contributed by atoms with E-state index < -0.39 is 5.60 Å². The van der Waals surface area contributed by atoms with Gasteiger partial charge in [-0.15, -0.1) is 0 Å².